The molecular formula is C25H29FN8O2. The molecule has 10 nitrogen and oxygen atoms in total. The van der Waals surface area contributed by atoms with Gasteiger partial charge in [-0.3, -0.25) is 0 Å². The molecule has 2 fully saturated rings. The molecule has 5 heterocycles. The number of anilines is 1. The van der Waals surface area contributed by atoms with Crippen LogP contribution in [0.3, 0.4) is 0 Å². The Morgan fingerprint density at radius 3 is 2.58 bits per heavy atom. The highest BCUT2D eigenvalue weighted by Crippen LogP contribution is 2.36. The number of aromatic nitrogens is 6. The summed E-state index contributed by atoms with van der Waals surface area (Å²) in [4.78, 5) is 37.9. The van der Waals surface area contributed by atoms with Gasteiger partial charge in [-0.05, 0) is 39.8 Å². The lowest BCUT2D eigenvalue weighted by molar-refractivity contribution is 0.0282. The van der Waals surface area contributed by atoms with Crippen LogP contribution in [-0.4, -0.2) is 72.3 Å². The Hall–Kier alpha value is -3.76. The Kier molecular flexibility index (Phi) is 5.13. The Labute approximate surface area is 207 Å². The van der Waals surface area contributed by atoms with E-state index in [0.717, 1.165) is 13.1 Å². The summed E-state index contributed by atoms with van der Waals surface area (Å²) in [5, 5.41) is 0. The molecule has 2 aliphatic rings. The molecule has 2 unspecified atom stereocenters. The van der Waals surface area contributed by atoms with Crippen LogP contribution in [0.2, 0.25) is 0 Å². The number of carbonyl (C=O) groups is 1. The van der Waals surface area contributed by atoms with Crippen molar-refractivity contribution in [3.63, 3.8) is 0 Å². The molecule has 1 aromatic carbocycles. The summed E-state index contributed by atoms with van der Waals surface area (Å²) in [5.74, 6) is 0.840. The van der Waals surface area contributed by atoms with Crippen LogP contribution in [0.5, 0.6) is 0 Å². The molecule has 3 aromatic heterocycles. The van der Waals surface area contributed by atoms with E-state index < -0.39 is 5.60 Å². The van der Waals surface area contributed by atoms with Crippen LogP contribution in [0.25, 0.3) is 33.5 Å². The van der Waals surface area contributed by atoms with Gasteiger partial charge >= 0.3 is 6.09 Å². The zero-order valence-corrected chi connectivity index (χ0v) is 20.8. The molecule has 0 radical (unpaired) electrons. The molecule has 11 heteroatoms. The van der Waals surface area contributed by atoms with Crippen molar-refractivity contribution in [1.82, 2.24) is 34.4 Å². The number of amides is 1. The van der Waals surface area contributed by atoms with Gasteiger partial charge in [-0.2, -0.15) is 4.98 Å². The largest absolute Gasteiger partial charge is 0.444 e. The summed E-state index contributed by atoms with van der Waals surface area (Å²) in [6.07, 6.45) is 2.96. The monoisotopic (exact) mass is 492 g/mol. The van der Waals surface area contributed by atoms with E-state index in [1.54, 1.807) is 22.1 Å². The number of hydrogen-bond acceptors (Lipinski definition) is 7. The molecule has 6 rings (SSSR count). The molecule has 0 bridgehead atoms. The zero-order valence-electron chi connectivity index (χ0n) is 20.8. The molecule has 0 aliphatic carbocycles. The number of imidazole rings is 2. The first-order chi connectivity index (χ1) is 17.2. The van der Waals surface area contributed by atoms with E-state index in [0.29, 0.717) is 70.9 Å². The van der Waals surface area contributed by atoms with Crippen molar-refractivity contribution in [3.05, 3.63) is 30.6 Å². The number of benzene rings is 1. The number of nitrogens with one attached hydrogen (secondary N) is 1. The van der Waals surface area contributed by atoms with Crippen LogP contribution in [0.15, 0.2) is 24.8 Å². The number of nitrogens with zero attached hydrogens (tertiary/aromatic N) is 7. The predicted molar refractivity (Wildman–Crippen MR) is 133 cm³/mol. The fourth-order valence-electron chi connectivity index (χ4n) is 5.34. The SMILES string of the molecule is CCn1cnc2cc(-c3nc(N4CC5CN(C(=O)OC(C)(C)C)CC5C4)nc4nc[nH]c34)cc(F)c21. The fraction of sp³-hybridized carbons (Fsp3) is 0.480. The number of fused-ring (bicyclic) bond motifs is 3. The number of rotatable bonds is 3. The van der Waals surface area contributed by atoms with Gasteiger partial charge in [-0.25, -0.2) is 24.1 Å². The minimum Gasteiger partial charge on any atom is -0.444 e. The number of ether oxygens (including phenoxy) is 1. The lowest BCUT2D eigenvalue weighted by atomic mass is 10.0. The van der Waals surface area contributed by atoms with Gasteiger partial charge in [0.25, 0.3) is 0 Å². The van der Waals surface area contributed by atoms with Gasteiger partial charge in [0, 0.05) is 50.1 Å². The number of aromatic amines is 1. The second-order valence-electron chi connectivity index (χ2n) is 10.6. The maximum Gasteiger partial charge on any atom is 0.410 e. The fourth-order valence-corrected chi connectivity index (χ4v) is 5.34. The lowest BCUT2D eigenvalue weighted by Crippen LogP contribution is -2.37. The van der Waals surface area contributed by atoms with E-state index in [9.17, 15) is 4.79 Å². The van der Waals surface area contributed by atoms with Gasteiger partial charge in [0.05, 0.1) is 18.2 Å². The second kappa shape index (κ2) is 8.14. The van der Waals surface area contributed by atoms with Crippen LogP contribution >= 0.6 is 0 Å². The van der Waals surface area contributed by atoms with E-state index in [1.807, 2.05) is 33.8 Å². The molecule has 1 amide bonds. The van der Waals surface area contributed by atoms with Crippen LogP contribution in [-0.2, 0) is 11.3 Å². The van der Waals surface area contributed by atoms with E-state index in [-0.39, 0.29) is 11.9 Å². The molecular weight excluding hydrogens is 463 g/mol. The standard InChI is InChI=1S/C25H29FN8O2/c1-5-32-13-29-18-7-14(6-17(26)21(18)32)19-20-22(28-12-27-20)31-23(30-19)33-8-15-10-34(11-16(15)9-33)24(35)36-25(2,3)4/h6-7,12-13,15-16H,5,8-11H2,1-4H3,(H,27,28,30,31). The number of carbonyl (C=O) groups excluding carboxylic acids is 1. The van der Waals surface area contributed by atoms with Crippen molar-refractivity contribution in [3.8, 4) is 11.3 Å². The summed E-state index contributed by atoms with van der Waals surface area (Å²) >= 11 is 0. The highest BCUT2D eigenvalue weighted by atomic mass is 19.1. The van der Waals surface area contributed by atoms with E-state index >= 15 is 4.39 Å². The summed E-state index contributed by atoms with van der Waals surface area (Å²) in [6, 6.07) is 3.36. The third-order valence-corrected chi connectivity index (χ3v) is 6.98. The normalized spacial score (nSPS) is 20.0. The van der Waals surface area contributed by atoms with Gasteiger partial charge in [0.2, 0.25) is 5.95 Å². The second-order valence-corrected chi connectivity index (χ2v) is 10.6. The van der Waals surface area contributed by atoms with E-state index in [1.165, 1.54) is 6.07 Å². The zero-order chi connectivity index (χ0) is 25.2. The molecule has 2 aliphatic heterocycles. The minimum absolute atomic E-state index is 0.261. The van der Waals surface area contributed by atoms with E-state index in [4.69, 9.17) is 9.72 Å². The van der Waals surface area contributed by atoms with Crippen molar-refractivity contribution >= 4 is 34.2 Å². The number of aryl methyl sites for hydroxylation is 1. The number of H-pyrrole nitrogens is 1. The molecule has 0 spiro atoms. The topological polar surface area (TPSA) is 105 Å². The maximum atomic E-state index is 15.1. The summed E-state index contributed by atoms with van der Waals surface area (Å²) in [7, 11) is 0. The smallest absolute Gasteiger partial charge is 0.410 e. The molecule has 4 aromatic rings. The Balaban J connectivity index is 1.29. The first kappa shape index (κ1) is 22.7. The molecule has 2 saturated heterocycles. The van der Waals surface area contributed by atoms with Crippen molar-refractivity contribution in [1.29, 1.82) is 0 Å². The highest BCUT2D eigenvalue weighted by molar-refractivity contribution is 5.91. The van der Waals surface area contributed by atoms with Gasteiger partial charge in [-0.1, -0.05) is 0 Å². The maximum absolute atomic E-state index is 15.1. The Bertz CT molecular complexity index is 1460. The molecule has 188 valence electrons. The number of halogens is 1. The Morgan fingerprint density at radius 1 is 1.14 bits per heavy atom. The van der Waals surface area contributed by atoms with Gasteiger partial charge in [0.1, 0.15) is 28.1 Å². The summed E-state index contributed by atoms with van der Waals surface area (Å²) < 4.78 is 22.5. The minimum atomic E-state index is -0.513. The van der Waals surface area contributed by atoms with Crippen LogP contribution in [0.4, 0.5) is 15.1 Å². The summed E-state index contributed by atoms with van der Waals surface area (Å²) in [6.45, 7) is 11.0. The first-order valence-electron chi connectivity index (χ1n) is 12.3. The highest BCUT2D eigenvalue weighted by Gasteiger charge is 2.43. The van der Waals surface area contributed by atoms with Crippen molar-refractivity contribution in [2.75, 3.05) is 31.1 Å². The third-order valence-electron chi connectivity index (χ3n) is 6.98. The van der Waals surface area contributed by atoms with Crippen LogP contribution < -0.4 is 4.90 Å². The molecule has 2 atom stereocenters. The van der Waals surface area contributed by atoms with Crippen molar-refractivity contribution < 1.29 is 13.9 Å². The number of hydrogen-bond donors (Lipinski definition) is 1. The number of likely N-dealkylation sites (tertiary alicyclic amines) is 1. The van der Waals surface area contributed by atoms with Gasteiger partial charge < -0.3 is 24.1 Å². The average molecular weight is 493 g/mol. The molecule has 1 N–H and O–H groups in total. The predicted octanol–water partition coefficient (Wildman–Crippen LogP) is 3.83. The average Bonchev–Trinajstić information content (AvgIpc) is 3.58. The van der Waals surface area contributed by atoms with Crippen molar-refractivity contribution in [2.24, 2.45) is 11.8 Å². The van der Waals surface area contributed by atoms with Crippen LogP contribution in [0, 0.1) is 17.7 Å². The lowest BCUT2D eigenvalue weighted by Gasteiger charge is -2.26. The summed E-state index contributed by atoms with van der Waals surface area (Å²) in [5.41, 5.74) is 2.95. The van der Waals surface area contributed by atoms with Crippen LogP contribution in [0.1, 0.15) is 27.7 Å². The Morgan fingerprint density at radius 2 is 1.89 bits per heavy atom. The quantitative estimate of drug-likeness (QED) is 0.463. The molecule has 36 heavy (non-hydrogen) atoms. The third kappa shape index (κ3) is 3.82. The molecule has 0 saturated carbocycles. The van der Waals surface area contributed by atoms with E-state index in [2.05, 4.69) is 24.8 Å². The first-order valence-corrected chi connectivity index (χ1v) is 12.3. The van der Waals surface area contributed by atoms with Crippen molar-refractivity contribution in [2.45, 2.75) is 39.8 Å². The van der Waals surface area contributed by atoms with Gasteiger partial charge in [-0.15, -0.1) is 0 Å². The van der Waals surface area contributed by atoms with Gasteiger partial charge in [0.15, 0.2) is 5.65 Å².